The van der Waals surface area contributed by atoms with Gasteiger partial charge in [-0.1, -0.05) is 18.2 Å². The topological polar surface area (TPSA) is 65.1 Å². The number of para-hydroxylation sites is 1. The average molecular weight is 246 g/mol. The molecule has 3 N–H and O–H groups in total. The smallest absolute Gasteiger partial charge is 0.119 e. The fourth-order valence-electron chi connectivity index (χ4n) is 1.75. The van der Waals surface area contributed by atoms with Crippen molar-refractivity contribution >= 4 is 0 Å². The van der Waals surface area contributed by atoms with Crippen LogP contribution in [-0.4, -0.2) is 16.4 Å². The predicted molar refractivity (Wildman–Crippen MR) is 69.8 cm³/mol. The Morgan fingerprint density at radius 2 is 2.11 bits per heavy atom. The van der Waals surface area contributed by atoms with Gasteiger partial charge in [-0.05, 0) is 18.2 Å². The lowest BCUT2D eigenvalue weighted by Crippen LogP contribution is -2.29. The zero-order chi connectivity index (χ0) is 12.8. The summed E-state index contributed by atoms with van der Waals surface area (Å²) in [6, 6.07) is 11.7. The van der Waals surface area contributed by atoms with Crippen molar-refractivity contribution in [1.29, 1.82) is 0 Å². The number of hydrogen-bond acceptors (Lipinski definition) is 4. The Balaban J connectivity index is 1.85. The maximum absolute atomic E-state index is 5.64. The standard InChI is InChI=1S/C13H18N4O/c1-17-9-7-13(16-17)12(15-14)8-10-18-11-5-3-2-4-6-11/h2-7,9,12,15H,8,10,14H2,1H3. The van der Waals surface area contributed by atoms with Crippen LogP contribution >= 0.6 is 0 Å². The minimum atomic E-state index is 0.00918. The third-order valence-electron chi connectivity index (χ3n) is 2.71. The van der Waals surface area contributed by atoms with Crippen molar-refractivity contribution in [1.82, 2.24) is 15.2 Å². The van der Waals surface area contributed by atoms with Crippen LogP contribution in [0.25, 0.3) is 0 Å². The van der Waals surface area contributed by atoms with E-state index < -0.39 is 0 Å². The van der Waals surface area contributed by atoms with Crippen molar-refractivity contribution in [3.05, 3.63) is 48.3 Å². The SMILES string of the molecule is Cn1ccc(C(CCOc2ccccc2)NN)n1. The molecule has 0 saturated heterocycles. The molecule has 5 heteroatoms. The molecule has 1 heterocycles. The second kappa shape index (κ2) is 6.18. The first-order valence-corrected chi connectivity index (χ1v) is 5.93. The molecule has 0 aliphatic heterocycles. The number of nitrogens with zero attached hydrogens (tertiary/aromatic N) is 2. The maximum Gasteiger partial charge on any atom is 0.119 e. The van der Waals surface area contributed by atoms with E-state index in [2.05, 4.69) is 10.5 Å². The average Bonchev–Trinajstić information content (AvgIpc) is 2.82. The fraction of sp³-hybridized carbons (Fsp3) is 0.308. The van der Waals surface area contributed by atoms with E-state index in [0.29, 0.717) is 6.61 Å². The van der Waals surface area contributed by atoms with Crippen molar-refractivity contribution in [3.8, 4) is 5.75 Å². The maximum atomic E-state index is 5.64. The second-order valence-electron chi connectivity index (χ2n) is 4.08. The Morgan fingerprint density at radius 3 is 2.72 bits per heavy atom. The molecule has 0 aliphatic rings. The van der Waals surface area contributed by atoms with Gasteiger partial charge in [0.1, 0.15) is 5.75 Å². The van der Waals surface area contributed by atoms with Crippen LogP contribution in [0.2, 0.25) is 0 Å². The summed E-state index contributed by atoms with van der Waals surface area (Å²) >= 11 is 0. The normalized spacial score (nSPS) is 12.3. The van der Waals surface area contributed by atoms with Crippen LogP contribution in [-0.2, 0) is 7.05 Å². The molecule has 2 rings (SSSR count). The molecule has 5 nitrogen and oxygen atoms in total. The minimum Gasteiger partial charge on any atom is -0.494 e. The van der Waals surface area contributed by atoms with Gasteiger partial charge in [-0.15, -0.1) is 0 Å². The summed E-state index contributed by atoms with van der Waals surface area (Å²) in [6.45, 7) is 0.593. The highest BCUT2D eigenvalue weighted by atomic mass is 16.5. The summed E-state index contributed by atoms with van der Waals surface area (Å²) in [6.07, 6.45) is 2.67. The second-order valence-corrected chi connectivity index (χ2v) is 4.08. The molecule has 0 radical (unpaired) electrons. The predicted octanol–water partition coefficient (Wildman–Crippen LogP) is 1.39. The number of nitrogens with two attached hydrogens (primary N) is 1. The quantitative estimate of drug-likeness (QED) is 0.597. The zero-order valence-corrected chi connectivity index (χ0v) is 10.4. The molecule has 1 aromatic heterocycles. The van der Waals surface area contributed by atoms with Crippen molar-refractivity contribution in [2.45, 2.75) is 12.5 Å². The van der Waals surface area contributed by atoms with Crippen LogP contribution in [0.1, 0.15) is 18.2 Å². The highest BCUT2D eigenvalue weighted by Crippen LogP contribution is 2.15. The molecule has 0 amide bonds. The Bertz CT molecular complexity index is 469. The number of aromatic nitrogens is 2. The van der Waals surface area contributed by atoms with Crippen LogP contribution in [0, 0.1) is 0 Å². The molecule has 96 valence electrons. The Morgan fingerprint density at radius 1 is 1.33 bits per heavy atom. The molecular formula is C13H18N4O. The lowest BCUT2D eigenvalue weighted by molar-refractivity contribution is 0.285. The van der Waals surface area contributed by atoms with Gasteiger partial charge >= 0.3 is 0 Å². The summed E-state index contributed by atoms with van der Waals surface area (Å²) < 4.78 is 7.40. The largest absolute Gasteiger partial charge is 0.494 e. The summed E-state index contributed by atoms with van der Waals surface area (Å²) in [5.41, 5.74) is 3.69. The van der Waals surface area contributed by atoms with Gasteiger partial charge in [-0.2, -0.15) is 5.10 Å². The molecular weight excluding hydrogens is 228 g/mol. The first-order valence-electron chi connectivity index (χ1n) is 5.93. The number of aryl methyl sites for hydroxylation is 1. The van der Waals surface area contributed by atoms with Crippen molar-refractivity contribution in [3.63, 3.8) is 0 Å². The van der Waals surface area contributed by atoms with E-state index in [1.165, 1.54) is 0 Å². The number of rotatable bonds is 6. The number of nitrogens with one attached hydrogen (secondary N) is 1. The van der Waals surface area contributed by atoms with Gasteiger partial charge in [0.15, 0.2) is 0 Å². The number of benzene rings is 1. The number of ether oxygens (including phenoxy) is 1. The third kappa shape index (κ3) is 3.32. The minimum absolute atomic E-state index is 0.00918. The molecule has 1 aromatic carbocycles. The molecule has 0 saturated carbocycles. The van der Waals surface area contributed by atoms with E-state index in [9.17, 15) is 0 Å². The van der Waals surface area contributed by atoms with E-state index in [0.717, 1.165) is 17.9 Å². The Hall–Kier alpha value is -1.85. The van der Waals surface area contributed by atoms with Crippen LogP contribution in [0.15, 0.2) is 42.6 Å². The monoisotopic (exact) mass is 246 g/mol. The molecule has 0 spiro atoms. The molecule has 2 aromatic rings. The summed E-state index contributed by atoms with van der Waals surface area (Å²) in [5, 5.41) is 4.33. The zero-order valence-electron chi connectivity index (χ0n) is 10.4. The fourth-order valence-corrected chi connectivity index (χ4v) is 1.75. The molecule has 0 aliphatic carbocycles. The molecule has 0 fully saturated rings. The van der Waals surface area contributed by atoms with E-state index in [4.69, 9.17) is 10.6 Å². The lowest BCUT2D eigenvalue weighted by atomic mass is 10.1. The van der Waals surface area contributed by atoms with Gasteiger partial charge in [0.2, 0.25) is 0 Å². The van der Waals surface area contributed by atoms with Crippen molar-refractivity contribution in [2.75, 3.05) is 6.61 Å². The van der Waals surface area contributed by atoms with Gasteiger partial charge in [-0.3, -0.25) is 16.0 Å². The van der Waals surface area contributed by atoms with Gasteiger partial charge in [0, 0.05) is 19.7 Å². The Labute approximate surface area is 107 Å². The molecule has 1 unspecified atom stereocenters. The lowest BCUT2D eigenvalue weighted by Gasteiger charge is -2.14. The van der Waals surface area contributed by atoms with E-state index >= 15 is 0 Å². The van der Waals surface area contributed by atoms with Gasteiger partial charge < -0.3 is 4.74 Å². The highest BCUT2D eigenvalue weighted by molar-refractivity contribution is 5.20. The first-order chi connectivity index (χ1) is 8.79. The van der Waals surface area contributed by atoms with E-state index in [1.807, 2.05) is 49.6 Å². The van der Waals surface area contributed by atoms with Crippen LogP contribution in [0.4, 0.5) is 0 Å². The van der Waals surface area contributed by atoms with E-state index in [-0.39, 0.29) is 6.04 Å². The van der Waals surface area contributed by atoms with E-state index in [1.54, 1.807) is 4.68 Å². The summed E-state index contributed by atoms with van der Waals surface area (Å²) in [5.74, 6) is 6.41. The molecule has 18 heavy (non-hydrogen) atoms. The van der Waals surface area contributed by atoms with Gasteiger partial charge in [0.25, 0.3) is 0 Å². The number of hydrazine groups is 1. The third-order valence-corrected chi connectivity index (χ3v) is 2.71. The molecule has 0 bridgehead atoms. The highest BCUT2D eigenvalue weighted by Gasteiger charge is 2.12. The van der Waals surface area contributed by atoms with Crippen molar-refractivity contribution < 1.29 is 4.74 Å². The van der Waals surface area contributed by atoms with Gasteiger partial charge in [-0.25, -0.2) is 0 Å². The Kier molecular flexibility index (Phi) is 4.33. The number of hydrogen-bond donors (Lipinski definition) is 2. The van der Waals surface area contributed by atoms with Crippen LogP contribution < -0.4 is 16.0 Å². The molecule has 1 atom stereocenters. The van der Waals surface area contributed by atoms with Gasteiger partial charge in [0.05, 0.1) is 18.3 Å². The first kappa shape index (κ1) is 12.6. The van der Waals surface area contributed by atoms with Crippen LogP contribution in [0.5, 0.6) is 5.75 Å². The van der Waals surface area contributed by atoms with Crippen molar-refractivity contribution in [2.24, 2.45) is 12.9 Å². The summed E-state index contributed by atoms with van der Waals surface area (Å²) in [4.78, 5) is 0. The van der Waals surface area contributed by atoms with Crippen LogP contribution in [0.3, 0.4) is 0 Å². The summed E-state index contributed by atoms with van der Waals surface area (Å²) in [7, 11) is 1.89.